The SMILES string of the molecule is COc1cc(/C=C(/C#N)C(=O)Nc2nnc(C)s2)cc(Br)c1OCCOc1cc(C)cc(C)c1. The number of hydrogen-bond acceptors (Lipinski definition) is 8. The number of benzene rings is 2. The Hall–Kier alpha value is -3.42. The normalized spacial score (nSPS) is 11.0. The summed E-state index contributed by atoms with van der Waals surface area (Å²) in [6.07, 6.45) is 1.46. The van der Waals surface area contributed by atoms with Gasteiger partial charge in [0.05, 0.1) is 11.6 Å². The zero-order valence-corrected chi connectivity index (χ0v) is 21.5. The molecule has 0 atom stereocenters. The molecule has 0 saturated carbocycles. The standard InChI is InChI=1S/C24H23BrN4O4S/c1-14-7-15(2)9-19(8-14)32-5-6-33-22-20(25)11-17(12-21(22)31-4)10-18(13-26)23(30)27-24-29-28-16(3)34-24/h7-12H,5-6H2,1-4H3,(H,27,29,30)/b18-10-. The maximum Gasteiger partial charge on any atom is 0.268 e. The molecule has 0 bridgehead atoms. The summed E-state index contributed by atoms with van der Waals surface area (Å²) in [5.41, 5.74) is 2.76. The van der Waals surface area contributed by atoms with E-state index in [0.29, 0.717) is 44.9 Å². The number of nitrogens with one attached hydrogen (secondary N) is 1. The Morgan fingerprint density at radius 2 is 1.82 bits per heavy atom. The molecule has 1 amide bonds. The molecule has 0 fully saturated rings. The summed E-state index contributed by atoms with van der Waals surface area (Å²) >= 11 is 4.71. The summed E-state index contributed by atoms with van der Waals surface area (Å²) in [6.45, 7) is 6.46. The van der Waals surface area contributed by atoms with E-state index >= 15 is 0 Å². The van der Waals surface area contributed by atoms with E-state index in [0.717, 1.165) is 16.9 Å². The van der Waals surface area contributed by atoms with E-state index < -0.39 is 5.91 Å². The number of anilines is 1. The highest BCUT2D eigenvalue weighted by atomic mass is 79.9. The number of nitriles is 1. The molecule has 0 spiro atoms. The van der Waals surface area contributed by atoms with E-state index in [1.807, 2.05) is 32.0 Å². The average molecular weight is 543 g/mol. The lowest BCUT2D eigenvalue weighted by atomic mass is 10.1. The van der Waals surface area contributed by atoms with Gasteiger partial charge in [-0.25, -0.2) is 0 Å². The molecular formula is C24H23BrN4O4S. The maximum atomic E-state index is 12.5. The van der Waals surface area contributed by atoms with Crippen molar-refractivity contribution in [3.63, 3.8) is 0 Å². The minimum absolute atomic E-state index is 0.0858. The third kappa shape index (κ3) is 6.79. The number of rotatable bonds is 9. The van der Waals surface area contributed by atoms with Crippen molar-refractivity contribution < 1.29 is 19.0 Å². The molecule has 0 unspecified atom stereocenters. The molecule has 0 aliphatic rings. The Bertz CT molecular complexity index is 1250. The molecular weight excluding hydrogens is 520 g/mol. The minimum Gasteiger partial charge on any atom is -0.493 e. The lowest BCUT2D eigenvalue weighted by Crippen LogP contribution is -2.13. The molecule has 1 aromatic heterocycles. The monoisotopic (exact) mass is 542 g/mol. The third-order valence-corrected chi connectivity index (χ3v) is 5.81. The molecule has 1 heterocycles. The van der Waals surface area contributed by atoms with Crippen molar-refractivity contribution in [3.05, 3.63) is 62.1 Å². The van der Waals surface area contributed by atoms with Gasteiger partial charge in [0.2, 0.25) is 5.13 Å². The molecule has 2 aromatic carbocycles. The minimum atomic E-state index is -0.572. The second kappa shape index (κ2) is 11.6. The Balaban J connectivity index is 1.69. The fourth-order valence-electron chi connectivity index (χ4n) is 3.11. The first-order valence-electron chi connectivity index (χ1n) is 10.2. The van der Waals surface area contributed by atoms with Crippen LogP contribution in [0.15, 0.2) is 40.4 Å². The second-order valence-electron chi connectivity index (χ2n) is 7.30. The molecule has 176 valence electrons. The van der Waals surface area contributed by atoms with Crippen LogP contribution in [0.5, 0.6) is 17.2 Å². The number of amides is 1. The van der Waals surface area contributed by atoms with Gasteiger partial charge >= 0.3 is 0 Å². The van der Waals surface area contributed by atoms with Crippen molar-refractivity contribution >= 4 is 44.4 Å². The number of hydrogen-bond donors (Lipinski definition) is 1. The zero-order chi connectivity index (χ0) is 24.7. The maximum absolute atomic E-state index is 12.5. The highest BCUT2D eigenvalue weighted by molar-refractivity contribution is 9.10. The molecule has 0 aliphatic heterocycles. The van der Waals surface area contributed by atoms with Gasteiger partial charge in [-0.15, -0.1) is 10.2 Å². The highest BCUT2D eigenvalue weighted by Gasteiger charge is 2.15. The van der Waals surface area contributed by atoms with E-state index in [2.05, 4.69) is 37.5 Å². The van der Waals surface area contributed by atoms with Gasteiger partial charge in [0.1, 0.15) is 35.6 Å². The number of methoxy groups -OCH3 is 1. The summed E-state index contributed by atoms with van der Waals surface area (Å²) in [7, 11) is 1.52. The number of ether oxygens (including phenoxy) is 3. The van der Waals surface area contributed by atoms with Crippen LogP contribution in [0.25, 0.3) is 6.08 Å². The smallest absolute Gasteiger partial charge is 0.268 e. The molecule has 10 heteroatoms. The Morgan fingerprint density at radius 1 is 1.12 bits per heavy atom. The van der Waals surface area contributed by atoms with Crippen molar-refractivity contribution in [1.82, 2.24) is 10.2 Å². The number of nitrogens with zero attached hydrogens (tertiary/aromatic N) is 3. The molecule has 0 radical (unpaired) electrons. The topological polar surface area (TPSA) is 106 Å². The Kier molecular flexibility index (Phi) is 8.62. The van der Waals surface area contributed by atoms with Crippen LogP contribution in [0, 0.1) is 32.1 Å². The Labute approximate surface area is 210 Å². The van der Waals surface area contributed by atoms with Crippen molar-refractivity contribution in [3.8, 4) is 23.3 Å². The average Bonchev–Trinajstić information content (AvgIpc) is 3.19. The lowest BCUT2D eigenvalue weighted by molar-refractivity contribution is -0.112. The summed E-state index contributed by atoms with van der Waals surface area (Å²) in [5, 5.41) is 20.8. The van der Waals surface area contributed by atoms with Gasteiger partial charge in [0, 0.05) is 0 Å². The summed E-state index contributed by atoms with van der Waals surface area (Å²) in [6, 6.07) is 11.4. The highest BCUT2D eigenvalue weighted by Crippen LogP contribution is 2.37. The van der Waals surface area contributed by atoms with Gasteiger partial charge in [0.15, 0.2) is 11.5 Å². The van der Waals surface area contributed by atoms with Crippen LogP contribution < -0.4 is 19.5 Å². The van der Waals surface area contributed by atoms with Gasteiger partial charge in [-0.1, -0.05) is 17.4 Å². The second-order valence-corrected chi connectivity index (χ2v) is 9.34. The Morgan fingerprint density at radius 3 is 2.44 bits per heavy atom. The van der Waals surface area contributed by atoms with Crippen LogP contribution in [-0.2, 0) is 4.79 Å². The molecule has 1 N–H and O–H groups in total. The number of carbonyl (C=O) groups is 1. The van der Waals surface area contributed by atoms with Crippen LogP contribution in [-0.4, -0.2) is 36.4 Å². The van der Waals surface area contributed by atoms with Crippen molar-refractivity contribution in [2.45, 2.75) is 20.8 Å². The van der Waals surface area contributed by atoms with E-state index in [9.17, 15) is 10.1 Å². The first-order valence-corrected chi connectivity index (χ1v) is 11.8. The first kappa shape index (κ1) is 25.2. The third-order valence-electron chi connectivity index (χ3n) is 4.47. The van der Waals surface area contributed by atoms with Gasteiger partial charge in [-0.3, -0.25) is 10.1 Å². The molecule has 3 rings (SSSR count). The van der Waals surface area contributed by atoms with Crippen LogP contribution >= 0.6 is 27.3 Å². The van der Waals surface area contributed by atoms with E-state index in [4.69, 9.17) is 14.2 Å². The van der Waals surface area contributed by atoms with Gasteiger partial charge in [0.25, 0.3) is 5.91 Å². The van der Waals surface area contributed by atoms with Crippen molar-refractivity contribution in [1.29, 1.82) is 5.26 Å². The summed E-state index contributed by atoms with van der Waals surface area (Å²) in [5.74, 6) is 1.16. The largest absolute Gasteiger partial charge is 0.493 e. The first-order chi connectivity index (χ1) is 16.3. The summed E-state index contributed by atoms with van der Waals surface area (Å²) < 4.78 is 17.7. The van der Waals surface area contributed by atoms with E-state index in [1.54, 1.807) is 19.1 Å². The predicted molar refractivity (Wildman–Crippen MR) is 134 cm³/mol. The predicted octanol–water partition coefficient (Wildman–Crippen LogP) is 5.24. The van der Waals surface area contributed by atoms with Crippen LogP contribution in [0.2, 0.25) is 0 Å². The zero-order valence-electron chi connectivity index (χ0n) is 19.1. The fraction of sp³-hybridized carbons (Fsp3) is 0.250. The van der Waals surface area contributed by atoms with Crippen LogP contribution in [0.4, 0.5) is 5.13 Å². The van der Waals surface area contributed by atoms with Crippen molar-refractivity contribution in [2.24, 2.45) is 0 Å². The van der Waals surface area contributed by atoms with Gasteiger partial charge in [-0.05, 0) is 83.7 Å². The number of halogens is 1. The van der Waals surface area contributed by atoms with Crippen molar-refractivity contribution in [2.75, 3.05) is 25.6 Å². The number of aromatic nitrogens is 2. The number of carbonyl (C=O) groups excluding carboxylic acids is 1. The quantitative estimate of drug-likeness (QED) is 0.224. The van der Waals surface area contributed by atoms with Gasteiger partial charge in [-0.2, -0.15) is 5.26 Å². The van der Waals surface area contributed by atoms with Crippen LogP contribution in [0.1, 0.15) is 21.7 Å². The van der Waals surface area contributed by atoms with E-state index in [-0.39, 0.29) is 5.57 Å². The molecule has 0 saturated heterocycles. The van der Waals surface area contributed by atoms with Crippen LogP contribution in [0.3, 0.4) is 0 Å². The summed E-state index contributed by atoms with van der Waals surface area (Å²) in [4.78, 5) is 12.5. The molecule has 3 aromatic rings. The van der Waals surface area contributed by atoms with Gasteiger partial charge < -0.3 is 14.2 Å². The number of aryl methyl sites for hydroxylation is 3. The molecule has 8 nitrogen and oxygen atoms in total. The fourth-order valence-corrected chi connectivity index (χ4v) is 4.27. The molecule has 34 heavy (non-hydrogen) atoms. The van der Waals surface area contributed by atoms with E-state index in [1.165, 1.54) is 24.5 Å². The lowest BCUT2D eigenvalue weighted by Gasteiger charge is -2.14. The molecule has 0 aliphatic carbocycles.